The van der Waals surface area contributed by atoms with Crippen molar-refractivity contribution in [3.8, 4) is 0 Å². The van der Waals surface area contributed by atoms with Crippen molar-refractivity contribution >= 4 is 39.5 Å². The summed E-state index contributed by atoms with van der Waals surface area (Å²) in [6.45, 7) is 4.44. The van der Waals surface area contributed by atoms with Crippen molar-refractivity contribution in [3.05, 3.63) is 194 Å². The second-order valence-corrected chi connectivity index (χ2v) is 30.6. The zero-order valence-corrected chi connectivity index (χ0v) is 71.3. The summed E-state index contributed by atoms with van der Waals surface area (Å²) in [7, 11) is -10.0. The van der Waals surface area contributed by atoms with E-state index >= 15 is 0 Å². The normalized spacial score (nSPS) is 14.7. The first-order valence-corrected chi connectivity index (χ1v) is 45.7. The molecular formula is C93H150O17P2. The Morgan fingerprint density at radius 1 is 0.259 bits per heavy atom. The Bertz CT molecular complexity index is 2890. The van der Waals surface area contributed by atoms with E-state index in [0.29, 0.717) is 32.1 Å². The third kappa shape index (κ3) is 81.9. The molecule has 0 bridgehead atoms. The average Bonchev–Trinajstić information content (AvgIpc) is 0.907. The Labute approximate surface area is 678 Å². The van der Waals surface area contributed by atoms with Crippen molar-refractivity contribution in [2.45, 2.75) is 329 Å². The van der Waals surface area contributed by atoms with Crippen molar-refractivity contribution in [2.24, 2.45) is 0 Å². The largest absolute Gasteiger partial charge is 0.472 e. The quantitative estimate of drug-likeness (QED) is 0.0169. The lowest BCUT2D eigenvalue weighted by Gasteiger charge is -2.21. The lowest BCUT2D eigenvalue weighted by atomic mass is 10.1. The molecule has 5 atom stereocenters. The summed E-state index contributed by atoms with van der Waals surface area (Å²) in [5.74, 6) is -2.36. The van der Waals surface area contributed by atoms with Gasteiger partial charge in [-0.3, -0.25) is 37.3 Å². The highest BCUT2D eigenvalue weighted by Crippen LogP contribution is 2.45. The number of ether oxygens (including phenoxy) is 4. The van der Waals surface area contributed by atoms with E-state index in [1.165, 1.54) is 44.9 Å². The van der Waals surface area contributed by atoms with Gasteiger partial charge in [0.1, 0.15) is 19.3 Å². The lowest BCUT2D eigenvalue weighted by Crippen LogP contribution is -2.30. The minimum Gasteiger partial charge on any atom is -0.462 e. The first kappa shape index (κ1) is 106. The summed E-state index contributed by atoms with van der Waals surface area (Å²) < 4.78 is 68.7. The van der Waals surface area contributed by atoms with Crippen LogP contribution < -0.4 is 0 Å². The van der Waals surface area contributed by atoms with Crippen LogP contribution in [0.5, 0.6) is 0 Å². The van der Waals surface area contributed by atoms with Gasteiger partial charge in [0.15, 0.2) is 12.2 Å². The molecule has 0 aromatic carbocycles. The number of hydrogen-bond acceptors (Lipinski definition) is 15. The maximum absolute atomic E-state index is 13.1. The first-order chi connectivity index (χ1) is 54.7. The molecule has 112 heavy (non-hydrogen) atoms. The smallest absolute Gasteiger partial charge is 0.462 e. The molecule has 0 saturated heterocycles. The van der Waals surface area contributed by atoms with E-state index < -0.39 is 97.5 Å². The topological polar surface area (TPSA) is 237 Å². The molecule has 634 valence electrons. The van der Waals surface area contributed by atoms with E-state index in [0.717, 1.165) is 180 Å². The number of rotatable bonds is 78. The molecule has 17 nitrogen and oxygen atoms in total. The van der Waals surface area contributed by atoms with Gasteiger partial charge in [0.25, 0.3) is 0 Å². The number of aliphatic hydroxyl groups is 1. The fourth-order valence-electron chi connectivity index (χ4n) is 10.6. The summed E-state index contributed by atoms with van der Waals surface area (Å²) in [4.78, 5) is 73.2. The molecule has 0 aromatic heterocycles. The Hall–Kier alpha value is -6.10. The van der Waals surface area contributed by atoms with Gasteiger partial charge in [0.05, 0.1) is 26.4 Å². The van der Waals surface area contributed by atoms with Crippen molar-refractivity contribution in [1.82, 2.24) is 0 Å². The molecule has 2 unspecified atom stereocenters. The van der Waals surface area contributed by atoms with Crippen LogP contribution in [0.3, 0.4) is 0 Å². The van der Waals surface area contributed by atoms with Gasteiger partial charge >= 0.3 is 39.5 Å². The highest BCUT2D eigenvalue weighted by atomic mass is 31.2. The second kappa shape index (κ2) is 82.9. The average molecular weight is 1600 g/mol. The third-order valence-corrected chi connectivity index (χ3v) is 18.9. The van der Waals surface area contributed by atoms with E-state index in [9.17, 15) is 43.2 Å². The molecule has 0 fully saturated rings. The maximum Gasteiger partial charge on any atom is 0.472 e. The Kier molecular flexibility index (Phi) is 78.4. The molecule has 0 aliphatic rings. The fourth-order valence-corrected chi connectivity index (χ4v) is 12.2. The van der Waals surface area contributed by atoms with E-state index in [1.807, 2.05) is 18.2 Å². The van der Waals surface area contributed by atoms with Crippen LogP contribution >= 0.6 is 15.6 Å². The van der Waals surface area contributed by atoms with E-state index in [-0.39, 0.29) is 25.7 Å². The molecule has 0 aromatic rings. The number of carbonyl (C=O) groups excluding carboxylic acids is 4. The highest BCUT2D eigenvalue weighted by Gasteiger charge is 2.30. The van der Waals surface area contributed by atoms with Crippen LogP contribution in [0.25, 0.3) is 0 Å². The van der Waals surface area contributed by atoms with Crippen molar-refractivity contribution < 1.29 is 80.2 Å². The molecule has 3 N–H and O–H groups in total. The molecule has 0 aliphatic carbocycles. The van der Waals surface area contributed by atoms with Crippen LogP contribution in [0.4, 0.5) is 0 Å². The number of phosphoric ester groups is 2. The van der Waals surface area contributed by atoms with Crippen molar-refractivity contribution in [1.29, 1.82) is 0 Å². The number of carbonyl (C=O) groups is 4. The van der Waals surface area contributed by atoms with E-state index in [2.05, 4.69) is 204 Å². The van der Waals surface area contributed by atoms with Gasteiger partial charge in [-0.25, -0.2) is 9.13 Å². The monoisotopic (exact) mass is 1600 g/mol. The standard InChI is InChI=1S/C93H150O17P2/c1-5-9-13-17-21-25-29-33-37-40-43-46-50-54-58-62-66-70-74-78-91(96)104-84-89(110-93(98)80-76-72-68-64-60-56-52-48-45-42-39-35-31-27-23-19-15-11-7-3)86-108-112(101,102)106-82-87(94)81-105-111(99,100)107-85-88(83-103-90(95)77-73-69-65-61-57-53-49-36-32-28-24-20-16-12-8-4)109-92(97)79-75-71-67-63-59-55-51-47-44-41-38-34-30-26-22-18-14-10-6-2/h10-11,14-15,21-23,25-28,32-35,37-39,43-48,54-56,58-60,66,70,87-89,94H,5-9,12-13,16-20,24,29-31,36,40-42,49-53,57,61-65,67-69,71-86H2,1-4H3,(H,99,100)(H,101,102)/b14-10-,15-11-,25-21-,26-22-,27-23-,32-28-,37-33-,38-34-,39-35-,46-43-,47-44-,48-45-,58-54-,59-55-,60-56-,70-66-/t87-,88+,89+/m0/s1. The van der Waals surface area contributed by atoms with Gasteiger partial charge in [-0.1, -0.05) is 299 Å². The summed E-state index contributed by atoms with van der Waals surface area (Å²) in [5, 5.41) is 10.7. The number of aliphatic hydroxyl groups excluding tert-OH is 1. The SMILES string of the molecule is CC/C=C\C/C=C\C/C=C\C/C=C\C/C=C\CCCCCC(=O)O[C@H](COC(=O)CC/C=C\C/C=C\C/C=C\C/C=C\C/C=C\CCCCC)COP(=O)(O)OC[C@@H](O)COP(=O)(O)OC[C@@H](COC(=O)CCCCCCCCC/C=C\CCCCCC)OC(=O)CCCCC/C=C\C/C=C\C/C=C\C/C=C\C/C=C\CC. The van der Waals surface area contributed by atoms with Gasteiger partial charge in [-0.15, -0.1) is 0 Å². The number of phosphoric acid groups is 2. The molecule has 0 saturated carbocycles. The van der Waals surface area contributed by atoms with Crippen LogP contribution in [0.1, 0.15) is 310 Å². The summed E-state index contributed by atoms with van der Waals surface area (Å²) in [6, 6.07) is 0. The third-order valence-electron chi connectivity index (χ3n) is 17.0. The number of unbranched alkanes of at least 4 members (excludes halogenated alkanes) is 20. The Morgan fingerprint density at radius 3 is 0.804 bits per heavy atom. The molecule has 0 heterocycles. The van der Waals surface area contributed by atoms with Crippen molar-refractivity contribution in [2.75, 3.05) is 39.6 Å². The summed E-state index contributed by atoms with van der Waals surface area (Å²) >= 11 is 0. The minimum atomic E-state index is -5.02. The predicted octanol–water partition coefficient (Wildman–Crippen LogP) is 25.7. The fraction of sp³-hybridized carbons (Fsp3) is 0.613. The molecule has 0 rings (SSSR count). The molecular weight excluding hydrogens is 1450 g/mol. The highest BCUT2D eigenvalue weighted by molar-refractivity contribution is 7.47. The predicted molar refractivity (Wildman–Crippen MR) is 463 cm³/mol. The van der Waals surface area contributed by atoms with Crippen LogP contribution in [-0.2, 0) is 65.4 Å². The second-order valence-electron chi connectivity index (χ2n) is 27.6. The first-order valence-electron chi connectivity index (χ1n) is 42.7. The molecule has 0 amide bonds. The van der Waals surface area contributed by atoms with Gasteiger partial charge in [-0.05, 0) is 180 Å². The van der Waals surface area contributed by atoms with Gasteiger partial charge in [0, 0.05) is 25.7 Å². The van der Waals surface area contributed by atoms with Gasteiger partial charge in [-0.2, -0.15) is 0 Å². The Balaban J connectivity index is 5.55. The minimum absolute atomic E-state index is 0.0220. The lowest BCUT2D eigenvalue weighted by molar-refractivity contribution is -0.161. The van der Waals surface area contributed by atoms with E-state index in [1.54, 1.807) is 0 Å². The molecule has 19 heteroatoms. The zero-order valence-electron chi connectivity index (χ0n) is 69.5. The zero-order chi connectivity index (χ0) is 81.7. The van der Waals surface area contributed by atoms with Crippen LogP contribution in [0.15, 0.2) is 194 Å². The molecule has 0 spiro atoms. The number of allylic oxidation sites excluding steroid dienone is 32. The van der Waals surface area contributed by atoms with Gasteiger partial charge < -0.3 is 33.8 Å². The number of hydrogen-bond donors (Lipinski definition) is 3. The Morgan fingerprint density at radius 2 is 0.482 bits per heavy atom. The maximum atomic E-state index is 13.1. The molecule has 0 radical (unpaired) electrons. The van der Waals surface area contributed by atoms with E-state index in [4.69, 9.17) is 37.0 Å². The van der Waals surface area contributed by atoms with Crippen LogP contribution in [0, 0.1) is 0 Å². The van der Waals surface area contributed by atoms with Crippen molar-refractivity contribution in [3.63, 3.8) is 0 Å². The summed E-state index contributed by atoms with van der Waals surface area (Å²) in [5.41, 5.74) is 0. The molecule has 0 aliphatic heterocycles. The number of esters is 4. The van der Waals surface area contributed by atoms with Crippen LogP contribution in [-0.4, -0.2) is 96.7 Å². The summed E-state index contributed by atoms with van der Waals surface area (Å²) in [6.07, 6.45) is 103. The van der Waals surface area contributed by atoms with Gasteiger partial charge in [0.2, 0.25) is 0 Å². The van der Waals surface area contributed by atoms with Crippen LogP contribution in [0.2, 0.25) is 0 Å².